The fourth-order valence-electron chi connectivity index (χ4n) is 2.48. The minimum atomic E-state index is 0.0989. The van der Waals surface area contributed by atoms with Gasteiger partial charge >= 0.3 is 0 Å². The van der Waals surface area contributed by atoms with Crippen molar-refractivity contribution in [3.8, 4) is 0 Å². The summed E-state index contributed by atoms with van der Waals surface area (Å²) in [7, 11) is 0. The van der Waals surface area contributed by atoms with E-state index in [1.165, 1.54) is 44.9 Å². The first-order valence-electron chi connectivity index (χ1n) is 6.15. The Morgan fingerprint density at radius 3 is 2.43 bits per heavy atom. The average molecular weight is 198 g/mol. The van der Waals surface area contributed by atoms with E-state index >= 15 is 0 Å². The number of rotatable bonds is 2. The van der Waals surface area contributed by atoms with Crippen LogP contribution < -0.4 is 0 Å². The van der Waals surface area contributed by atoms with Crippen LogP contribution in [0.3, 0.4) is 0 Å². The quantitative estimate of drug-likeness (QED) is 0.678. The Morgan fingerprint density at radius 2 is 1.71 bits per heavy atom. The van der Waals surface area contributed by atoms with Crippen LogP contribution in [0.4, 0.5) is 0 Å². The molecule has 0 bridgehead atoms. The average Bonchev–Trinajstić information content (AvgIpc) is 2.19. The first kappa shape index (κ1) is 10.4. The zero-order chi connectivity index (χ0) is 9.80. The molecule has 2 nitrogen and oxygen atoms in total. The smallest absolute Gasteiger partial charge is 0.158 e. The van der Waals surface area contributed by atoms with E-state index in [1.807, 2.05) is 0 Å². The van der Waals surface area contributed by atoms with Crippen LogP contribution in [0, 0.1) is 0 Å². The fraction of sp³-hybridized carbons (Fsp3) is 1.00. The van der Waals surface area contributed by atoms with Crippen molar-refractivity contribution in [3.05, 3.63) is 0 Å². The minimum absolute atomic E-state index is 0.0989. The lowest BCUT2D eigenvalue weighted by atomic mass is 9.97. The Kier molecular flexibility index (Phi) is 3.82. The van der Waals surface area contributed by atoms with Gasteiger partial charge in [-0.25, -0.2) is 0 Å². The molecule has 2 aliphatic rings. The largest absolute Gasteiger partial charge is 0.350 e. The van der Waals surface area contributed by atoms with Crippen LogP contribution in [0.15, 0.2) is 0 Å². The van der Waals surface area contributed by atoms with Gasteiger partial charge in [0.1, 0.15) is 0 Å². The van der Waals surface area contributed by atoms with Crippen LogP contribution in [-0.2, 0) is 9.47 Å². The molecular weight excluding hydrogens is 176 g/mol. The Bertz CT molecular complexity index is 164. The molecular formula is C12H22O2. The first-order valence-corrected chi connectivity index (χ1v) is 6.15. The Morgan fingerprint density at radius 1 is 0.929 bits per heavy atom. The van der Waals surface area contributed by atoms with E-state index in [0.717, 1.165) is 6.42 Å². The predicted octanol–water partition coefficient (Wildman–Crippen LogP) is 3.25. The van der Waals surface area contributed by atoms with Gasteiger partial charge in [-0.15, -0.1) is 0 Å². The second kappa shape index (κ2) is 5.13. The summed E-state index contributed by atoms with van der Waals surface area (Å²) in [5.74, 6) is 0. The van der Waals surface area contributed by atoms with E-state index in [-0.39, 0.29) is 6.29 Å². The van der Waals surface area contributed by atoms with Crippen LogP contribution in [0.25, 0.3) is 0 Å². The number of ether oxygens (including phenoxy) is 2. The summed E-state index contributed by atoms with van der Waals surface area (Å²) in [4.78, 5) is 0. The number of hydrogen-bond acceptors (Lipinski definition) is 2. The third-order valence-electron chi connectivity index (χ3n) is 3.33. The zero-order valence-corrected chi connectivity index (χ0v) is 9.21. The molecule has 82 valence electrons. The number of hydrogen-bond donors (Lipinski definition) is 0. The normalized spacial score (nSPS) is 35.8. The maximum absolute atomic E-state index is 5.98. The molecule has 0 aromatic rings. The lowest BCUT2D eigenvalue weighted by molar-refractivity contribution is -0.214. The van der Waals surface area contributed by atoms with Gasteiger partial charge in [-0.05, 0) is 39.0 Å². The minimum Gasteiger partial charge on any atom is -0.350 e. The summed E-state index contributed by atoms with van der Waals surface area (Å²) in [5.41, 5.74) is 0. The van der Waals surface area contributed by atoms with Gasteiger partial charge in [-0.1, -0.05) is 19.3 Å². The van der Waals surface area contributed by atoms with Crippen molar-refractivity contribution in [1.82, 2.24) is 0 Å². The van der Waals surface area contributed by atoms with E-state index in [4.69, 9.17) is 9.47 Å². The molecule has 1 saturated carbocycles. The molecule has 0 aromatic heterocycles. The molecule has 1 saturated heterocycles. The molecule has 0 radical (unpaired) electrons. The van der Waals surface area contributed by atoms with Gasteiger partial charge in [-0.3, -0.25) is 0 Å². The molecule has 2 atom stereocenters. The molecule has 1 aliphatic carbocycles. The van der Waals surface area contributed by atoms with Gasteiger partial charge in [0.25, 0.3) is 0 Å². The van der Waals surface area contributed by atoms with Crippen molar-refractivity contribution in [2.45, 2.75) is 76.8 Å². The van der Waals surface area contributed by atoms with Crippen molar-refractivity contribution >= 4 is 0 Å². The van der Waals surface area contributed by atoms with E-state index in [9.17, 15) is 0 Å². The van der Waals surface area contributed by atoms with Crippen LogP contribution in [0.1, 0.15) is 58.3 Å². The third-order valence-corrected chi connectivity index (χ3v) is 3.33. The fourth-order valence-corrected chi connectivity index (χ4v) is 2.48. The maximum Gasteiger partial charge on any atom is 0.158 e. The first-order chi connectivity index (χ1) is 6.84. The molecule has 0 amide bonds. The van der Waals surface area contributed by atoms with Gasteiger partial charge in [-0.2, -0.15) is 0 Å². The summed E-state index contributed by atoms with van der Waals surface area (Å²) >= 11 is 0. The molecule has 1 heterocycles. The molecule has 0 N–H and O–H groups in total. The van der Waals surface area contributed by atoms with Crippen LogP contribution in [-0.4, -0.2) is 18.5 Å². The molecule has 0 unspecified atom stereocenters. The van der Waals surface area contributed by atoms with E-state index in [0.29, 0.717) is 12.2 Å². The van der Waals surface area contributed by atoms with Crippen LogP contribution in [0.5, 0.6) is 0 Å². The van der Waals surface area contributed by atoms with Crippen molar-refractivity contribution < 1.29 is 9.47 Å². The van der Waals surface area contributed by atoms with Gasteiger partial charge in [0.15, 0.2) is 6.29 Å². The highest BCUT2D eigenvalue weighted by atomic mass is 16.7. The molecule has 2 fully saturated rings. The maximum atomic E-state index is 5.98. The second-order valence-electron chi connectivity index (χ2n) is 4.70. The molecule has 14 heavy (non-hydrogen) atoms. The van der Waals surface area contributed by atoms with Crippen molar-refractivity contribution in [1.29, 1.82) is 0 Å². The van der Waals surface area contributed by atoms with E-state index in [1.54, 1.807) is 0 Å². The molecule has 0 aromatic carbocycles. The monoisotopic (exact) mass is 198 g/mol. The van der Waals surface area contributed by atoms with Crippen molar-refractivity contribution in [2.24, 2.45) is 0 Å². The summed E-state index contributed by atoms with van der Waals surface area (Å²) < 4.78 is 11.7. The van der Waals surface area contributed by atoms with Crippen molar-refractivity contribution in [2.75, 3.05) is 0 Å². The lowest BCUT2D eigenvalue weighted by Crippen LogP contribution is -2.32. The summed E-state index contributed by atoms with van der Waals surface area (Å²) in [5, 5.41) is 0. The Balaban J connectivity index is 1.72. The van der Waals surface area contributed by atoms with E-state index < -0.39 is 0 Å². The highest BCUT2D eigenvalue weighted by Gasteiger charge is 2.23. The molecule has 2 rings (SSSR count). The highest BCUT2D eigenvalue weighted by Crippen LogP contribution is 2.26. The topological polar surface area (TPSA) is 18.5 Å². The van der Waals surface area contributed by atoms with Gasteiger partial charge < -0.3 is 9.47 Å². The predicted molar refractivity (Wildman–Crippen MR) is 56.1 cm³/mol. The zero-order valence-electron chi connectivity index (χ0n) is 9.21. The van der Waals surface area contributed by atoms with Crippen molar-refractivity contribution in [3.63, 3.8) is 0 Å². The molecule has 1 aliphatic heterocycles. The van der Waals surface area contributed by atoms with Gasteiger partial charge in [0.05, 0.1) is 12.2 Å². The molecule has 0 spiro atoms. The SMILES string of the molecule is C[C@@H]1CCC[C@@H](OC2CCCCC2)O1. The standard InChI is InChI=1S/C12H22O2/c1-10-6-5-9-12(13-10)14-11-7-3-2-4-8-11/h10-12H,2-9H2,1H3/t10-,12-/m1/s1. The van der Waals surface area contributed by atoms with Crippen LogP contribution in [0.2, 0.25) is 0 Å². The lowest BCUT2D eigenvalue weighted by Gasteiger charge is -2.32. The molecule has 2 heteroatoms. The summed E-state index contributed by atoms with van der Waals surface area (Å²) in [6, 6.07) is 0. The highest BCUT2D eigenvalue weighted by molar-refractivity contribution is 4.68. The van der Waals surface area contributed by atoms with Crippen LogP contribution >= 0.6 is 0 Å². The van der Waals surface area contributed by atoms with Gasteiger partial charge in [0, 0.05) is 0 Å². The second-order valence-corrected chi connectivity index (χ2v) is 4.70. The van der Waals surface area contributed by atoms with Gasteiger partial charge in [0.2, 0.25) is 0 Å². The Labute approximate surface area is 87.0 Å². The summed E-state index contributed by atoms with van der Waals surface area (Å²) in [6.07, 6.45) is 11.1. The third kappa shape index (κ3) is 2.96. The summed E-state index contributed by atoms with van der Waals surface area (Å²) in [6.45, 7) is 2.15. The van der Waals surface area contributed by atoms with E-state index in [2.05, 4.69) is 6.92 Å². The Hall–Kier alpha value is -0.0800.